The van der Waals surface area contributed by atoms with Crippen LogP contribution in [0.15, 0.2) is 9.98 Å². The number of aliphatic hydroxyl groups excluding tert-OH is 2. The molecule has 0 bridgehead atoms. The summed E-state index contributed by atoms with van der Waals surface area (Å²) in [6, 6.07) is -1.17. The van der Waals surface area contributed by atoms with Crippen LogP contribution in [0, 0.1) is 0 Å². The van der Waals surface area contributed by atoms with Gasteiger partial charge in [-0.2, -0.15) is 31.3 Å². The minimum absolute atomic E-state index is 0.134. The molecule has 0 spiro atoms. The van der Waals surface area contributed by atoms with E-state index in [1.807, 2.05) is 4.90 Å². The van der Waals surface area contributed by atoms with Gasteiger partial charge >= 0.3 is 36.2 Å². The summed E-state index contributed by atoms with van der Waals surface area (Å²) in [4.78, 5) is 49.9. The molecule has 0 radical (unpaired) electrons. The number of nitrogens with one attached hydrogen (secondary N) is 1. The number of aliphatic carboxylic acids is 4. The summed E-state index contributed by atoms with van der Waals surface area (Å²) in [5.41, 5.74) is 5.47. The van der Waals surface area contributed by atoms with E-state index in [9.17, 15) is 46.1 Å². The standard InChI is InChI=1S/C18H31N5O6.2C2HF3O2/c19-11(17(28)29)5-4-7-20-18-21-12-9-13(24)14(25)10-23(16(12)22-18)8-3-1-2-6-15(26)27;2*3-2(4,5)1(6)7/h11-14,24-25H,1-10,19H2,(H,20,21)(H,26,27)(H,28,29);2*(H,6,7)/t11-,12?,13-,14+;;/m0../s1. The van der Waals surface area contributed by atoms with Crippen molar-refractivity contribution < 1.29 is 76.2 Å². The third-order valence-corrected chi connectivity index (χ3v) is 5.54. The van der Waals surface area contributed by atoms with Crippen LogP contribution in [0.25, 0.3) is 0 Å². The summed E-state index contributed by atoms with van der Waals surface area (Å²) in [7, 11) is 0. The molecule has 2 aliphatic rings. The van der Waals surface area contributed by atoms with Gasteiger partial charge in [-0.3, -0.25) is 14.6 Å². The number of aliphatic imine (C=N–C) groups is 2. The lowest BCUT2D eigenvalue weighted by atomic mass is 10.1. The third-order valence-electron chi connectivity index (χ3n) is 5.54. The lowest BCUT2D eigenvalue weighted by molar-refractivity contribution is -0.193. The number of guanidine groups is 1. The van der Waals surface area contributed by atoms with Gasteiger partial charge in [0.05, 0.1) is 18.2 Å². The van der Waals surface area contributed by atoms with Gasteiger partial charge in [0, 0.05) is 32.5 Å². The molecule has 9 N–H and O–H groups in total. The Hall–Kier alpha value is -3.72. The van der Waals surface area contributed by atoms with Crippen LogP contribution in [0.4, 0.5) is 26.3 Å². The number of hydrogen-bond acceptors (Lipinski definition) is 9. The molecular weight excluding hydrogens is 608 g/mol. The highest BCUT2D eigenvalue weighted by molar-refractivity contribution is 6.05. The van der Waals surface area contributed by atoms with Crippen LogP contribution >= 0.6 is 0 Å². The van der Waals surface area contributed by atoms with Crippen molar-refractivity contribution in [1.82, 2.24) is 10.2 Å². The quantitative estimate of drug-likeness (QED) is 0.111. The first-order valence-electron chi connectivity index (χ1n) is 12.5. The molecule has 0 aliphatic carbocycles. The first kappa shape index (κ1) is 39.3. The predicted octanol–water partition coefficient (Wildman–Crippen LogP) is 0.244. The molecular formula is C22H33F6N5O10. The van der Waals surface area contributed by atoms with E-state index in [0.29, 0.717) is 50.6 Å². The van der Waals surface area contributed by atoms with E-state index >= 15 is 0 Å². The molecule has 4 atom stereocenters. The molecule has 2 rings (SSSR count). The maximum Gasteiger partial charge on any atom is 0.490 e. The van der Waals surface area contributed by atoms with E-state index in [0.717, 1.165) is 12.8 Å². The van der Waals surface area contributed by atoms with Crippen molar-refractivity contribution in [3.63, 3.8) is 0 Å². The predicted molar refractivity (Wildman–Crippen MR) is 133 cm³/mol. The van der Waals surface area contributed by atoms with Gasteiger partial charge in [-0.05, 0) is 25.7 Å². The molecule has 0 aromatic heterocycles. The number of carboxylic acid groups (broad SMARTS) is 4. The molecule has 2 aliphatic heterocycles. The monoisotopic (exact) mass is 641 g/mol. The van der Waals surface area contributed by atoms with Gasteiger partial charge in [0.1, 0.15) is 11.9 Å². The number of β-amino-alcohol motifs (C(OH)–C–C–N with tert-alkyl or cyclic N) is 1. The number of nitrogens with two attached hydrogens (primary N) is 1. The lowest BCUT2D eigenvalue weighted by Crippen LogP contribution is -2.42. The number of hydrogen-bond donors (Lipinski definition) is 8. The van der Waals surface area contributed by atoms with Crippen LogP contribution in [-0.4, -0.2) is 127 Å². The number of fused-ring (bicyclic) bond motifs is 1. The molecule has 0 saturated carbocycles. The van der Waals surface area contributed by atoms with Crippen LogP contribution < -0.4 is 11.1 Å². The van der Waals surface area contributed by atoms with Crippen molar-refractivity contribution in [2.45, 2.75) is 81.6 Å². The Morgan fingerprint density at radius 2 is 1.47 bits per heavy atom. The van der Waals surface area contributed by atoms with Crippen molar-refractivity contribution in [1.29, 1.82) is 0 Å². The van der Waals surface area contributed by atoms with Gasteiger partial charge in [0.25, 0.3) is 0 Å². The topological polar surface area (TPSA) is 256 Å². The molecule has 1 unspecified atom stereocenters. The molecule has 15 nitrogen and oxygen atoms in total. The van der Waals surface area contributed by atoms with Gasteiger partial charge < -0.3 is 46.6 Å². The SMILES string of the molecule is N[C@@H](CCCN=C1N=C2C(C[C@H](O)[C@H](O)CN2CCCCCC(=O)O)N1)C(=O)O.O=C(O)C(F)(F)F.O=C(O)C(F)(F)F. The Bertz CT molecular complexity index is 984. The van der Waals surface area contributed by atoms with Gasteiger partial charge in [-0.25, -0.2) is 9.59 Å². The molecule has 248 valence electrons. The number of carbonyl (C=O) groups is 4. The van der Waals surface area contributed by atoms with Crippen LogP contribution in [0.3, 0.4) is 0 Å². The van der Waals surface area contributed by atoms with Crippen LogP contribution in [0.2, 0.25) is 0 Å². The fourth-order valence-electron chi connectivity index (χ4n) is 3.40. The van der Waals surface area contributed by atoms with Gasteiger partial charge in [-0.1, -0.05) is 6.42 Å². The zero-order valence-electron chi connectivity index (χ0n) is 22.4. The Morgan fingerprint density at radius 1 is 0.930 bits per heavy atom. The Morgan fingerprint density at radius 3 is 1.93 bits per heavy atom. The first-order valence-corrected chi connectivity index (χ1v) is 12.5. The second-order valence-corrected chi connectivity index (χ2v) is 9.09. The smallest absolute Gasteiger partial charge is 0.481 e. The van der Waals surface area contributed by atoms with Crippen molar-refractivity contribution in [2.24, 2.45) is 15.7 Å². The number of nitrogens with zero attached hydrogens (tertiary/aromatic N) is 3. The van der Waals surface area contributed by atoms with Gasteiger partial charge in [-0.15, -0.1) is 0 Å². The number of halogens is 6. The zero-order chi connectivity index (χ0) is 33.5. The Balaban J connectivity index is 0.00000104. The lowest BCUT2D eigenvalue weighted by Gasteiger charge is -2.25. The van der Waals surface area contributed by atoms with Crippen molar-refractivity contribution in [2.75, 3.05) is 19.6 Å². The van der Waals surface area contributed by atoms with Crippen molar-refractivity contribution >= 4 is 35.7 Å². The molecule has 21 heteroatoms. The molecule has 0 aromatic carbocycles. The molecule has 1 saturated heterocycles. The van der Waals surface area contributed by atoms with E-state index in [1.54, 1.807) is 0 Å². The summed E-state index contributed by atoms with van der Waals surface area (Å²) >= 11 is 0. The number of aliphatic hydroxyl groups is 2. The summed E-state index contributed by atoms with van der Waals surface area (Å²) in [5, 5.41) is 55.2. The van der Waals surface area contributed by atoms with Gasteiger partial charge in [0.2, 0.25) is 5.96 Å². The zero-order valence-corrected chi connectivity index (χ0v) is 22.4. The average molecular weight is 642 g/mol. The number of unbranched alkanes of at least 4 members (excludes halogenated alkanes) is 2. The molecule has 0 aromatic rings. The molecule has 2 heterocycles. The number of rotatable bonds is 11. The minimum Gasteiger partial charge on any atom is -0.481 e. The van der Waals surface area contributed by atoms with E-state index in [-0.39, 0.29) is 19.0 Å². The minimum atomic E-state index is -5.08. The average Bonchev–Trinajstić information content (AvgIpc) is 3.22. The van der Waals surface area contributed by atoms with E-state index in [4.69, 9.17) is 35.7 Å². The summed E-state index contributed by atoms with van der Waals surface area (Å²) < 4.78 is 63.5. The molecule has 43 heavy (non-hydrogen) atoms. The second kappa shape index (κ2) is 18.1. The van der Waals surface area contributed by atoms with Gasteiger partial charge in [0.15, 0.2) is 0 Å². The molecule has 0 amide bonds. The number of amidine groups is 1. The number of carboxylic acids is 4. The maximum atomic E-state index is 10.7. The Kier molecular flexibility index (Phi) is 16.5. The first-order chi connectivity index (χ1) is 19.7. The van der Waals surface area contributed by atoms with E-state index < -0.39 is 54.5 Å². The number of likely N-dealkylation sites (tertiary alicyclic amines) is 1. The van der Waals surface area contributed by atoms with E-state index in [2.05, 4.69) is 15.3 Å². The number of alkyl halides is 6. The van der Waals surface area contributed by atoms with Crippen molar-refractivity contribution in [3.05, 3.63) is 0 Å². The summed E-state index contributed by atoms with van der Waals surface area (Å²) in [5.74, 6) is -6.23. The largest absolute Gasteiger partial charge is 0.490 e. The fourth-order valence-corrected chi connectivity index (χ4v) is 3.40. The summed E-state index contributed by atoms with van der Waals surface area (Å²) in [6.07, 6.45) is -8.58. The summed E-state index contributed by atoms with van der Waals surface area (Å²) in [6.45, 7) is 1.23. The molecule has 1 fully saturated rings. The highest BCUT2D eigenvalue weighted by atomic mass is 19.4. The highest BCUT2D eigenvalue weighted by Gasteiger charge is 2.39. The fraction of sp³-hybridized carbons (Fsp3) is 0.727. The normalized spacial score (nSPS) is 21.5. The van der Waals surface area contributed by atoms with Crippen molar-refractivity contribution in [3.8, 4) is 0 Å². The highest BCUT2D eigenvalue weighted by Crippen LogP contribution is 2.20. The van der Waals surface area contributed by atoms with Crippen LogP contribution in [-0.2, 0) is 19.2 Å². The van der Waals surface area contributed by atoms with E-state index in [1.165, 1.54) is 0 Å². The third kappa shape index (κ3) is 16.5. The Labute approximate surface area is 239 Å². The second-order valence-electron chi connectivity index (χ2n) is 9.09. The van der Waals surface area contributed by atoms with Crippen LogP contribution in [0.1, 0.15) is 44.9 Å². The maximum absolute atomic E-state index is 10.7. The van der Waals surface area contributed by atoms with Crippen LogP contribution in [0.5, 0.6) is 0 Å².